The molecule has 5 heavy (non-hydrogen) atoms. The first-order valence-corrected chi connectivity index (χ1v) is 0. The zero-order valence-electron chi connectivity index (χ0n) is 1.71. The van der Waals surface area contributed by atoms with E-state index in [1.165, 1.54) is 0 Å². The van der Waals surface area contributed by atoms with Crippen molar-refractivity contribution in [1.29, 1.82) is 0 Å². The summed E-state index contributed by atoms with van der Waals surface area (Å²) in [4.78, 5) is 0. The zero-order chi connectivity index (χ0) is 0. The van der Waals surface area contributed by atoms with Crippen LogP contribution in [0.25, 0.3) is 0 Å². The summed E-state index contributed by atoms with van der Waals surface area (Å²) in [6, 6.07) is 0. The molecular weight excluding hydrogens is 373 g/mol. The third kappa shape index (κ3) is 19.8. The van der Waals surface area contributed by atoms with Crippen molar-refractivity contribution >= 4 is 23.9 Å². The van der Waals surface area contributed by atoms with Crippen LogP contribution in [0, 0.1) is 0 Å². The third-order valence-corrected chi connectivity index (χ3v) is 0. The minimum atomic E-state index is 0. The van der Waals surface area contributed by atoms with Crippen LogP contribution < -0.4 is 0 Å². The maximum atomic E-state index is 0. The van der Waals surface area contributed by atoms with Crippen LogP contribution in [0.3, 0.4) is 0 Å². The Hall–Kier alpha value is 2.88. The molecule has 0 aromatic rings. The molecule has 0 fully saturated rings. The molecule has 0 N–H and O–H groups in total. The topological polar surface area (TPSA) is 0 Å². The first-order chi connectivity index (χ1) is 0. The minimum absolute atomic E-state index is 0. The summed E-state index contributed by atoms with van der Waals surface area (Å²) in [5, 5.41) is 0. The maximum absolute atomic E-state index is 0. The van der Waals surface area contributed by atoms with Crippen molar-refractivity contribution in [3.63, 3.8) is 0 Å². The van der Waals surface area contributed by atoms with Crippen LogP contribution in [0.5, 0.6) is 0 Å². The van der Waals surface area contributed by atoms with Gasteiger partial charge < -0.3 is 0 Å². The molecule has 0 saturated heterocycles. The molecule has 0 amide bonds. The van der Waals surface area contributed by atoms with E-state index in [0.717, 1.165) is 0 Å². The van der Waals surface area contributed by atoms with Gasteiger partial charge in [0, 0.05) is 92.2 Å². The largest absolute Gasteiger partial charge is 0 e. The van der Waals surface area contributed by atoms with E-state index in [1.54, 1.807) is 0 Å². The normalized spacial score (nSPS) is 0. The molecule has 0 aliphatic heterocycles. The molecular formula is Cu4Sn. The monoisotopic (exact) mass is 372 g/mol. The second kappa shape index (κ2) is 28.7. The van der Waals surface area contributed by atoms with Crippen LogP contribution in [0.4, 0.5) is 0 Å². The molecule has 0 spiro atoms. The van der Waals surface area contributed by atoms with E-state index in [1.807, 2.05) is 0 Å². The SMILES string of the molecule is [Cu].[Cu].[Cu].[Cu].[Sn]. The van der Waals surface area contributed by atoms with Gasteiger partial charge in [-0.2, -0.15) is 0 Å². The Balaban J connectivity index is 0. The van der Waals surface area contributed by atoms with E-state index in [4.69, 9.17) is 0 Å². The molecule has 0 aliphatic rings. The zero-order valence-corrected chi connectivity index (χ0v) is 8.33. The van der Waals surface area contributed by atoms with Crippen LogP contribution in [-0.2, 0) is 68.3 Å². The Morgan fingerprint density at radius 1 is 0.400 bits per heavy atom. The molecule has 0 bridgehead atoms. The Kier molecular flexibility index (Phi) is 258. The standard InChI is InChI=1S/4Cu.Sn. The smallest absolute Gasteiger partial charge is 0 e. The molecule has 48 valence electrons. The van der Waals surface area contributed by atoms with Gasteiger partial charge in [0.2, 0.25) is 0 Å². The van der Waals surface area contributed by atoms with Gasteiger partial charge in [-0.3, -0.25) is 0 Å². The summed E-state index contributed by atoms with van der Waals surface area (Å²) in [6.45, 7) is 0. The van der Waals surface area contributed by atoms with Crippen LogP contribution in [-0.4, -0.2) is 23.9 Å². The van der Waals surface area contributed by atoms with Gasteiger partial charge in [0.25, 0.3) is 0 Å². The number of hydrogen-bond acceptors (Lipinski definition) is 0. The van der Waals surface area contributed by atoms with Gasteiger partial charge in [0.05, 0.1) is 0 Å². The molecule has 0 saturated carbocycles. The summed E-state index contributed by atoms with van der Waals surface area (Å²) < 4.78 is 0. The number of hydrogen-bond donors (Lipinski definition) is 0. The van der Waals surface area contributed by atoms with Crippen molar-refractivity contribution in [2.45, 2.75) is 0 Å². The molecule has 0 nitrogen and oxygen atoms in total. The first-order valence-electron chi connectivity index (χ1n) is 0. The van der Waals surface area contributed by atoms with Crippen molar-refractivity contribution in [3.05, 3.63) is 0 Å². The van der Waals surface area contributed by atoms with E-state index in [-0.39, 0.29) is 92.2 Å². The van der Waals surface area contributed by atoms with Gasteiger partial charge in [-0.15, -0.1) is 0 Å². The Labute approximate surface area is 90.8 Å². The van der Waals surface area contributed by atoms with Crippen LogP contribution in [0.1, 0.15) is 0 Å². The Morgan fingerprint density at radius 2 is 0.400 bits per heavy atom. The predicted molar refractivity (Wildman–Crippen MR) is 5.75 cm³/mol. The molecule has 0 aliphatic carbocycles. The van der Waals surface area contributed by atoms with Gasteiger partial charge in [-0.25, -0.2) is 0 Å². The van der Waals surface area contributed by atoms with E-state index in [9.17, 15) is 0 Å². The van der Waals surface area contributed by atoms with Crippen molar-refractivity contribution < 1.29 is 68.3 Å². The summed E-state index contributed by atoms with van der Waals surface area (Å²) in [5.74, 6) is 0. The fourth-order valence-corrected chi connectivity index (χ4v) is 0. The van der Waals surface area contributed by atoms with Crippen molar-refractivity contribution in [2.24, 2.45) is 0 Å². The maximum Gasteiger partial charge on any atom is 0 e. The fourth-order valence-electron chi connectivity index (χ4n) is 0. The van der Waals surface area contributed by atoms with Crippen molar-refractivity contribution in [2.75, 3.05) is 0 Å². The van der Waals surface area contributed by atoms with Crippen LogP contribution in [0.2, 0.25) is 0 Å². The van der Waals surface area contributed by atoms with Gasteiger partial charge in [-0.1, -0.05) is 0 Å². The second-order valence-corrected chi connectivity index (χ2v) is 0. The molecule has 0 aromatic heterocycles. The molecule has 0 aromatic carbocycles. The average Bonchev–Trinajstić information content (AvgIpc) is 0. The minimum Gasteiger partial charge on any atom is 0 e. The summed E-state index contributed by atoms with van der Waals surface area (Å²) in [5.41, 5.74) is 0. The second-order valence-electron chi connectivity index (χ2n) is 0. The summed E-state index contributed by atoms with van der Waals surface area (Å²) in [7, 11) is 0. The third-order valence-electron chi connectivity index (χ3n) is 0. The average molecular weight is 373 g/mol. The molecule has 0 heterocycles. The van der Waals surface area contributed by atoms with Crippen LogP contribution >= 0.6 is 0 Å². The summed E-state index contributed by atoms with van der Waals surface area (Å²) >= 11 is 0. The fraction of sp³-hybridized carbons (Fsp3) is 0. The predicted octanol–water partition coefficient (Wildman–Crippen LogP) is -0.391. The van der Waals surface area contributed by atoms with Gasteiger partial charge in [0.1, 0.15) is 0 Å². The van der Waals surface area contributed by atoms with E-state index in [2.05, 4.69) is 0 Å². The Bertz CT molecular complexity index is 3.61. The van der Waals surface area contributed by atoms with E-state index in [0.29, 0.717) is 0 Å². The quantitative estimate of drug-likeness (QED) is 0.508. The van der Waals surface area contributed by atoms with Gasteiger partial charge >= 0.3 is 0 Å². The molecule has 0 unspecified atom stereocenters. The summed E-state index contributed by atoms with van der Waals surface area (Å²) in [6.07, 6.45) is 0. The van der Waals surface area contributed by atoms with Gasteiger partial charge in [-0.05, 0) is 0 Å². The van der Waals surface area contributed by atoms with Crippen molar-refractivity contribution in [1.82, 2.24) is 0 Å². The Morgan fingerprint density at radius 3 is 0.400 bits per heavy atom. The van der Waals surface area contributed by atoms with Crippen LogP contribution in [0.15, 0.2) is 0 Å². The number of rotatable bonds is 0. The molecule has 0 atom stereocenters. The first kappa shape index (κ1) is 45.0. The molecule has 0 rings (SSSR count). The van der Waals surface area contributed by atoms with Gasteiger partial charge in [0.15, 0.2) is 0 Å². The van der Waals surface area contributed by atoms with E-state index >= 15 is 0 Å². The van der Waals surface area contributed by atoms with Crippen molar-refractivity contribution in [3.8, 4) is 0 Å². The molecule has 5 heteroatoms. The van der Waals surface area contributed by atoms with E-state index < -0.39 is 0 Å². The molecule has 8 radical (unpaired) electrons.